The lowest BCUT2D eigenvalue weighted by Crippen LogP contribution is -2.29. The van der Waals surface area contributed by atoms with Crippen molar-refractivity contribution >= 4 is 15.5 Å². The zero-order valence-electron chi connectivity index (χ0n) is 10.7. The van der Waals surface area contributed by atoms with Gasteiger partial charge in [0, 0.05) is 32.3 Å². The van der Waals surface area contributed by atoms with E-state index in [4.69, 9.17) is 18.0 Å². The molecule has 0 aliphatic carbocycles. The average Bonchev–Trinajstić information content (AvgIpc) is 2.29. The highest BCUT2D eigenvalue weighted by Gasteiger charge is 2.18. The molecule has 1 atom stereocenters. The van der Waals surface area contributed by atoms with Crippen molar-refractivity contribution in [3.63, 3.8) is 0 Å². The van der Waals surface area contributed by atoms with Crippen molar-refractivity contribution in [1.29, 1.82) is 0 Å². The summed E-state index contributed by atoms with van der Waals surface area (Å²) in [6.45, 7) is 10.5. The number of carbonyl (C=O) groups excluding carboxylic acids is 1. The minimum Gasteiger partial charge on any atom is -0.459 e. The molecule has 1 radical (unpaired) electrons. The Morgan fingerprint density at radius 2 is 1.88 bits per heavy atom. The first kappa shape index (κ1) is 16.3. The van der Waals surface area contributed by atoms with Crippen LogP contribution in [0.5, 0.6) is 0 Å². The molecule has 0 saturated heterocycles. The lowest BCUT2D eigenvalue weighted by Gasteiger charge is -2.15. The second-order valence-electron chi connectivity index (χ2n) is 3.20. The number of rotatable bonds is 10. The Labute approximate surface area is 105 Å². The molecular weight excluding hydrogens is 240 g/mol. The zero-order valence-corrected chi connectivity index (χ0v) is 11.7. The Kier molecular flexibility index (Phi) is 10.0. The highest BCUT2D eigenvalue weighted by Crippen LogP contribution is 2.01. The summed E-state index contributed by atoms with van der Waals surface area (Å²) in [5.74, 6) is -0.419. The van der Waals surface area contributed by atoms with Gasteiger partial charge in [-0.3, -0.25) is 0 Å². The summed E-state index contributed by atoms with van der Waals surface area (Å²) in [4.78, 5) is 10.9. The lowest BCUT2D eigenvalue weighted by atomic mass is 10.3. The van der Waals surface area contributed by atoms with Gasteiger partial charge in [0.2, 0.25) is 0 Å². The summed E-state index contributed by atoms with van der Waals surface area (Å²) in [7, 11) is -1.64. The second kappa shape index (κ2) is 10.5. The summed E-state index contributed by atoms with van der Waals surface area (Å²) in [5.41, 5.74) is 0. The van der Waals surface area contributed by atoms with E-state index < -0.39 is 15.5 Å². The van der Waals surface area contributed by atoms with Crippen LogP contribution in [-0.4, -0.2) is 41.4 Å². The maximum atomic E-state index is 10.9. The molecule has 0 rings (SSSR count). The summed E-state index contributed by atoms with van der Waals surface area (Å²) in [6.07, 6.45) is 1.55. The third kappa shape index (κ3) is 9.05. The van der Waals surface area contributed by atoms with Gasteiger partial charge in [0.15, 0.2) is 0 Å². The molecule has 99 valence electrons. The van der Waals surface area contributed by atoms with Crippen molar-refractivity contribution in [1.82, 2.24) is 0 Å². The van der Waals surface area contributed by atoms with Gasteiger partial charge in [-0.25, -0.2) is 4.79 Å². The fourth-order valence-electron chi connectivity index (χ4n) is 0.974. The van der Waals surface area contributed by atoms with Crippen molar-refractivity contribution in [3.8, 4) is 0 Å². The fraction of sp³-hybridized carbons (Fsp3) is 0.727. The molecule has 0 fully saturated rings. The molecule has 0 N–H and O–H groups in total. The first-order valence-corrected chi connectivity index (χ1v) is 6.94. The molecule has 1 unspecified atom stereocenters. The number of hydrogen-bond donors (Lipinski definition) is 0. The highest BCUT2D eigenvalue weighted by molar-refractivity contribution is 6.36. The average molecular weight is 261 g/mol. The molecule has 0 heterocycles. The molecule has 0 aromatic carbocycles. The number of ether oxygens (including phenoxy) is 1. The summed E-state index contributed by atoms with van der Waals surface area (Å²) in [6, 6.07) is 0. The maximum Gasteiger partial charge on any atom is 0.577 e. The molecule has 0 bridgehead atoms. The fourth-order valence-corrected chi connectivity index (χ4v) is 1.98. The van der Waals surface area contributed by atoms with Gasteiger partial charge in [0.05, 0.1) is 0 Å². The van der Waals surface area contributed by atoms with Gasteiger partial charge in [-0.1, -0.05) is 6.58 Å². The van der Waals surface area contributed by atoms with Crippen LogP contribution in [0.25, 0.3) is 0 Å². The number of esters is 1. The predicted molar refractivity (Wildman–Crippen MR) is 65.3 cm³/mol. The monoisotopic (exact) mass is 261 g/mol. The topological polar surface area (TPSA) is 54.0 Å². The molecule has 17 heavy (non-hydrogen) atoms. The van der Waals surface area contributed by atoms with Crippen LogP contribution in [-0.2, 0) is 22.8 Å². The molecule has 0 saturated carbocycles. The molecule has 0 aliphatic heterocycles. The summed E-state index contributed by atoms with van der Waals surface area (Å²) in [5, 5.41) is 0. The van der Waals surface area contributed by atoms with Gasteiger partial charge in [0.25, 0.3) is 0 Å². The largest absolute Gasteiger partial charge is 0.577 e. The van der Waals surface area contributed by atoms with Crippen LogP contribution >= 0.6 is 0 Å². The Balaban J connectivity index is 3.71. The quantitative estimate of drug-likeness (QED) is 0.339. The van der Waals surface area contributed by atoms with E-state index >= 15 is 0 Å². The van der Waals surface area contributed by atoms with Crippen molar-refractivity contribution in [2.75, 3.05) is 19.8 Å². The Hall–Kier alpha value is -0.693. The van der Waals surface area contributed by atoms with Gasteiger partial charge in [0.1, 0.15) is 6.10 Å². The van der Waals surface area contributed by atoms with Crippen LogP contribution in [0.3, 0.4) is 0 Å². The van der Waals surface area contributed by atoms with Crippen molar-refractivity contribution in [3.05, 3.63) is 12.7 Å². The van der Waals surface area contributed by atoms with Crippen molar-refractivity contribution in [2.45, 2.75) is 33.3 Å². The number of hydrogen-bond acceptors (Lipinski definition) is 5. The third-order valence-corrected chi connectivity index (χ3v) is 3.24. The van der Waals surface area contributed by atoms with Crippen LogP contribution < -0.4 is 0 Å². The molecule has 0 aromatic rings. The van der Waals surface area contributed by atoms with Crippen LogP contribution in [0.1, 0.15) is 27.2 Å². The van der Waals surface area contributed by atoms with Crippen LogP contribution in [0.15, 0.2) is 12.7 Å². The molecule has 0 aliphatic rings. The van der Waals surface area contributed by atoms with Crippen LogP contribution in [0.2, 0.25) is 0 Å². The van der Waals surface area contributed by atoms with E-state index in [1.54, 1.807) is 6.92 Å². The normalized spacial score (nSPS) is 12.5. The van der Waals surface area contributed by atoms with E-state index in [0.29, 0.717) is 26.2 Å². The zero-order chi connectivity index (χ0) is 13.1. The first-order valence-electron chi connectivity index (χ1n) is 5.72. The van der Waals surface area contributed by atoms with Crippen LogP contribution in [0, 0.1) is 0 Å². The van der Waals surface area contributed by atoms with E-state index in [2.05, 4.69) is 6.58 Å². The highest BCUT2D eigenvalue weighted by atomic mass is 28.3. The van der Waals surface area contributed by atoms with E-state index in [1.165, 1.54) is 0 Å². The van der Waals surface area contributed by atoms with Crippen molar-refractivity contribution < 1.29 is 22.8 Å². The molecule has 5 nitrogen and oxygen atoms in total. The van der Waals surface area contributed by atoms with Gasteiger partial charge in [-0.15, -0.1) is 0 Å². The molecule has 6 heteroatoms. The minimum absolute atomic E-state index is 0.202. The van der Waals surface area contributed by atoms with E-state index in [-0.39, 0.29) is 6.10 Å². The lowest BCUT2D eigenvalue weighted by molar-refractivity contribution is -0.142. The van der Waals surface area contributed by atoms with Gasteiger partial charge < -0.3 is 18.0 Å². The third-order valence-electron chi connectivity index (χ3n) is 1.75. The molecule has 0 spiro atoms. The smallest absolute Gasteiger partial charge is 0.459 e. The minimum atomic E-state index is -1.64. The summed E-state index contributed by atoms with van der Waals surface area (Å²) < 4.78 is 21.0. The Morgan fingerprint density at radius 1 is 1.29 bits per heavy atom. The van der Waals surface area contributed by atoms with Crippen LogP contribution in [0.4, 0.5) is 0 Å². The van der Waals surface area contributed by atoms with E-state index in [1.807, 2.05) is 13.8 Å². The van der Waals surface area contributed by atoms with Gasteiger partial charge in [-0.05, 0) is 20.8 Å². The second-order valence-corrected chi connectivity index (χ2v) is 4.57. The van der Waals surface area contributed by atoms with Crippen molar-refractivity contribution in [2.24, 2.45) is 0 Å². The number of carbonyl (C=O) groups is 1. The first-order chi connectivity index (χ1) is 8.13. The molecule has 0 amide bonds. The van der Waals surface area contributed by atoms with Gasteiger partial charge in [-0.2, -0.15) is 0 Å². The Bertz CT molecular complexity index is 216. The Morgan fingerprint density at radius 3 is 2.35 bits per heavy atom. The van der Waals surface area contributed by atoms with Gasteiger partial charge >= 0.3 is 15.5 Å². The molecular formula is C11H21O5Si. The standard InChI is InChI=1S/C11H21O5Si/c1-5-11(12)16-10(4)8-9-15-17(13-6-2)14-7-3/h5,10H,1,6-9H2,2-4H3. The summed E-state index contributed by atoms with van der Waals surface area (Å²) >= 11 is 0. The SMILES string of the molecule is C=CC(=O)OC(C)CCO[Si](OCC)OCC. The predicted octanol–water partition coefficient (Wildman–Crippen LogP) is 1.57. The van der Waals surface area contributed by atoms with E-state index in [0.717, 1.165) is 6.08 Å². The maximum absolute atomic E-state index is 10.9. The van der Waals surface area contributed by atoms with E-state index in [9.17, 15) is 4.79 Å². The molecule has 0 aromatic heterocycles.